The number of anilines is 1. The standard InChI is InChI=1S/C33H44FN3O2/c1-3-37(27-17-15-23(16-18-27)24-10-7-11-26(34)20-24)31-14-8-13-29-28(31)12-6-4-5-9-25-19-22(2)36-33(39)30(25)21-35-32(29)38/h4,6,8,13-14,19,23-24,26-27H,3,5,7,9-12,15-18,20-21H2,1-2H3,(H,35,38)(H,36,39). The molecule has 2 fully saturated rings. The number of benzene rings is 1. The smallest absolute Gasteiger partial charge is 0.253 e. The molecule has 5 nitrogen and oxygen atoms in total. The Balaban J connectivity index is 1.37. The number of carbonyl (C=O) groups excluding carboxylic acids is 1. The van der Waals surface area contributed by atoms with Gasteiger partial charge in [0.1, 0.15) is 6.17 Å². The number of hydrogen-bond acceptors (Lipinski definition) is 3. The fourth-order valence-electron chi connectivity index (χ4n) is 7.40. The lowest BCUT2D eigenvalue weighted by Crippen LogP contribution is -2.40. The quantitative estimate of drug-likeness (QED) is 0.437. The van der Waals surface area contributed by atoms with Gasteiger partial charge in [-0.3, -0.25) is 9.59 Å². The van der Waals surface area contributed by atoms with Crippen molar-refractivity contribution in [2.24, 2.45) is 11.8 Å². The molecule has 2 saturated carbocycles. The largest absolute Gasteiger partial charge is 0.369 e. The Bertz CT molecular complexity index is 1240. The Labute approximate surface area is 232 Å². The SMILES string of the molecule is CCN(c1cccc2c1CC=CCCc1cc(C)[nH]c(=O)c1CNC2=O)C1CCC(C2CCCC(F)C2)CC1. The summed E-state index contributed by atoms with van der Waals surface area (Å²) in [7, 11) is 0. The lowest BCUT2D eigenvalue weighted by molar-refractivity contribution is 0.0950. The van der Waals surface area contributed by atoms with Crippen LogP contribution in [0.25, 0.3) is 0 Å². The van der Waals surface area contributed by atoms with E-state index in [9.17, 15) is 14.0 Å². The van der Waals surface area contributed by atoms with Gasteiger partial charge >= 0.3 is 0 Å². The molecule has 0 spiro atoms. The first-order chi connectivity index (χ1) is 18.9. The zero-order valence-corrected chi connectivity index (χ0v) is 23.6. The number of nitrogens with one attached hydrogen (secondary N) is 2. The summed E-state index contributed by atoms with van der Waals surface area (Å²) < 4.78 is 14.1. The number of H-pyrrole nitrogens is 1. The first-order valence-corrected chi connectivity index (χ1v) is 15.1. The number of alkyl halides is 1. The number of carbonyl (C=O) groups is 1. The third-order valence-corrected chi connectivity index (χ3v) is 9.40. The lowest BCUT2D eigenvalue weighted by atomic mass is 9.72. The summed E-state index contributed by atoms with van der Waals surface area (Å²) in [4.78, 5) is 31.6. The maximum Gasteiger partial charge on any atom is 0.253 e. The molecule has 2 aliphatic carbocycles. The summed E-state index contributed by atoms with van der Waals surface area (Å²) in [6.07, 6.45) is 14.4. The molecule has 0 bridgehead atoms. The zero-order chi connectivity index (χ0) is 27.4. The third-order valence-electron chi connectivity index (χ3n) is 9.40. The highest BCUT2D eigenvalue weighted by Gasteiger charge is 2.33. The molecular weight excluding hydrogens is 489 g/mol. The molecule has 210 valence electrons. The number of allylic oxidation sites excluding steroid dienone is 2. The van der Waals surface area contributed by atoms with E-state index in [-0.39, 0.29) is 18.0 Å². The number of hydrogen-bond donors (Lipinski definition) is 2. The molecule has 2 heterocycles. The number of nitrogens with zero attached hydrogens (tertiary/aromatic N) is 1. The van der Waals surface area contributed by atoms with Crippen molar-refractivity contribution in [3.05, 3.63) is 74.7 Å². The Hall–Kier alpha value is -2.89. The van der Waals surface area contributed by atoms with Crippen LogP contribution in [0.1, 0.15) is 97.5 Å². The van der Waals surface area contributed by atoms with Gasteiger partial charge in [0.15, 0.2) is 0 Å². The molecule has 1 aromatic heterocycles. The summed E-state index contributed by atoms with van der Waals surface area (Å²) in [5.74, 6) is 1.07. The monoisotopic (exact) mass is 533 g/mol. The molecule has 0 radical (unpaired) electrons. The number of amides is 1. The zero-order valence-electron chi connectivity index (χ0n) is 23.6. The van der Waals surface area contributed by atoms with Crippen LogP contribution in [0.2, 0.25) is 0 Å². The van der Waals surface area contributed by atoms with E-state index in [0.29, 0.717) is 35.4 Å². The minimum atomic E-state index is -0.602. The number of fused-ring (bicyclic) bond motifs is 2. The topological polar surface area (TPSA) is 65.2 Å². The van der Waals surface area contributed by atoms with Crippen molar-refractivity contribution in [2.75, 3.05) is 11.4 Å². The summed E-state index contributed by atoms with van der Waals surface area (Å²) >= 11 is 0. The molecular formula is C33H44FN3O2. The van der Waals surface area contributed by atoms with Gasteiger partial charge in [-0.25, -0.2) is 4.39 Å². The van der Waals surface area contributed by atoms with Gasteiger partial charge < -0.3 is 15.2 Å². The van der Waals surface area contributed by atoms with Crippen LogP contribution in [0.4, 0.5) is 10.1 Å². The van der Waals surface area contributed by atoms with Crippen molar-refractivity contribution in [1.29, 1.82) is 0 Å². The predicted molar refractivity (Wildman–Crippen MR) is 156 cm³/mol. The Morgan fingerprint density at radius 2 is 1.82 bits per heavy atom. The summed E-state index contributed by atoms with van der Waals surface area (Å²) in [5, 5.41) is 3.05. The number of aromatic nitrogens is 1. The van der Waals surface area contributed by atoms with Crippen molar-refractivity contribution < 1.29 is 9.18 Å². The summed E-state index contributed by atoms with van der Waals surface area (Å²) in [6.45, 7) is 5.21. The van der Waals surface area contributed by atoms with Crippen LogP contribution in [-0.4, -0.2) is 29.6 Å². The summed E-state index contributed by atoms with van der Waals surface area (Å²) in [5.41, 5.74) is 5.25. The lowest BCUT2D eigenvalue weighted by Gasteiger charge is -2.42. The Morgan fingerprint density at radius 3 is 2.59 bits per heavy atom. The van der Waals surface area contributed by atoms with Crippen molar-refractivity contribution in [1.82, 2.24) is 10.3 Å². The first kappa shape index (κ1) is 27.7. The van der Waals surface area contributed by atoms with Crippen LogP contribution in [-0.2, 0) is 19.4 Å². The van der Waals surface area contributed by atoms with Crippen LogP contribution in [0.15, 0.2) is 41.2 Å². The molecule has 1 aliphatic heterocycles. The van der Waals surface area contributed by atoms with Gasteiger partial charge in [0.05, 0.1) is 0 Å². The average molecular weight is 534 g/mol. The van der Waals surface area contributed by atoms with E-state index in [0.717, 1.165) is 74.0 Å². The summed E-state index contributed by atoms with van der Waals surface area (Å²) in [6, 6.07) is 8.52. The van der Waals surface area contributed by atoms with Gasteiger partial charge in [0.2, 0.25) is 0 Å². The van der Waals surface area contributed by atoms with E-state index in [1.807, 2.05) is 25.1 Å². The van der Waals surface area contributed by atoms with Crippen molar-refractivity contribution in [3.8, 4) is 0 Å². The van der Waals surface area contributed by atoms with Crippen molar-refractivity contribution in [2.45, 2.75) is 103 Å². The van der Waals surface area contributed by atoms with E-state index < -0.39 is 6.17 Å². The molecule has 2 unspecified atom stereocenters. The van der Waals surface area contributed by atoms with Gasteiger partial charge in [0, 0.05) is 41.6 Å². The third kappa shape index (κ3) is 6.31. The minimum Gasteiger partial charge on any atom is -0.369 e. The fourth-order valence-corrected chi connectivity index (χ4v) is 7.40. The highest BCUT2D eigenvalue weighted by Crippen LogP contribution is 2.41. The maximum atomic E-state index is 14.1. The predicted octanol–water partition coefficient (Wildman–Crippen LogP) is 6.57. The average Bonchev–Trinajstić information content (AvgIpc) is 2.92. The van der Waals surface area contributed by atoms with Crippen LogP contribution < -0.4 is 15.8 Å². The highest BCUT2D eigenvalue weighted by atomic mass is 19.1. The molecule has 2 N–H and O–H groups in total. The molecule has 2 aromatic rings. The van der Waals surface area contributed by atoms with Crippen LogP contribution in [0, 0.1) is 18.8 Å². The minimum absolute atomic E-state index is 0.122. The van der Waals surface area contributed by atoms with E-state index in [1.165, 1.54) is 19.3 Å². The highest BCUT2D eigenvalue weighted by molar-refractivity contribution is 5.97. The van der Waals surface area contributed by atoms with Crippen molar-refractivity contribution in [3.63, 3.8) is 0 Å². The second-order valence-electron chi connectivity index (χ2n) is 11.9. The van der Waals surface area contributed by atoms with E-state index in [1.54, 1.807) is 0 Å². The first-order valence-electron chi connectivity index (χ1n) is 15.1. The Morgan fingerprint density at radius 1 is 1.00 bits per heavy atom. The van der Waals surface area contributed by atoms with Crippen LogP contribution in [0.3, 0.4) is 0 Å². The number of aryl methyl sites for hydroxylation is 2. The molecule has 5 rings (SSSR count). The van der Waals surface area contributed by atoms with E-state index in [4.69, 9.17) is 0 Å². The van der Waals surface area contributed by atoms with E-state index >= 15 is 0 Å². The molecule has 2 atom stereocenters. The fraction of sp³-hybridized carbons (Fsp3) is 0.576. The maximum absolute atomic E-state index is 14.1. The molecule has 39 heavy (non-hydrogen) atoms. The van der Waals surface area contributed by atoms with E-state index in [2.05, 4.69) is 40.3 Å². The van der Waals surface area contributed by atoms with Crippen LogP contribution in [0.5, 0.6) is 0 Å². The molecule has 0 saturated heterocycles. The normalized spacial score (nSPS) is 26.0. The van der Waals surface area contributed by atoms with Gasteiger partial charge in [0.25, 0.3) is 11.5 Å². The number of halogens is 1. The number of aromatic amines is 1. The van der Waals surface area contributed by atoms with Gasteiger partial charge in [-0.05, 0) is 119 Å². The Kier molecular flexibility index (Phi) is 8.89. The van der Waals surface area contributed by atoms with Gasteiger partial charge in [-0.2, -0.15) is 0 Å². The number of pyridine rings is 1. The molecule has 3 aliphatic rings. The van der Waals surface area contributed by atoms with Crippen LogP contribution >= 0.6 is 0 Å². The van der Waals surface area contributed by atoms with Crippen molar-refractivity contribution >= 4 is 11.6 Å². The molecule has 1 aromatic carbocycles. The number of rotatable bonds is 4. The van der Waals surface area contributed by atoms with Gasteiger partial charge in [-0.15, -0.1) is 0 Å². The second kappa shape index (κ2) is 12.5. The second-order valence-corrected chi connectivity index (χ2v) is 11.9. The molecule has 1 amide bonds. The van der Waals surface area contributed by atoms with Gasteiger partial charge in [-0.1, -0.05) is 24.6 Å². The molecule has 6 heteroatoms.